The second-order valence-electron chi connectivity index (χ2n) is 0.618. The number of hydrogen-bond acceptors (Lipinski definition) is 3. The van der Waals surface area contributed by atoms with Gasteiger partial charge in [0.05, 0.1) is 6.61 Å². The maximum atomic E-state index is 9.12. The standard InChI is InChI=1S/C2H6NO2/c4-2-1-3-5/h3-4H,1-2H2/q-1. The SMILES string of the molecule is [O-]NCCO. The van der Waals surface area contributed by atoms with E-state index in [0.29, 0.717) is 0 Å². The van der Waals surface area contributed by atoms with Crippen LogP contribution in [0.5, 0.6) is 0 Å². The van der Waals surface area contributed by atoms with Gasteiger partial charge in [-0.05, 0) is 0 Å². The minimum absolute atomic E-state index is 0.0799. The summed E-state index contributed by atoms with van der Waals surface area (Å²) < 4.78 is 0. The van der Waals surface area contributed by atoms with Crippen LogP contribution >= 0.6 is 0 Å². The van der Waals surface area contributed by atoms with E-state index in [1.54, 1.807) is 0 Å². The smallest absolute Gasteiger partial charge is 0.0547 e. The predicted molar refractivity (Wildman–Crippen MR) is 18.5 cm³/mol. The number of hydroxylamine groups is 1. The van der Waals surface area contributed by atoms with Crippen LogP contribution in [0.15, 0.2) is 0 Å². The molecule has 0 aliphatic heterocycles. The molecule has 3 heteroatoms. The van der Waals surface area contributed by atoms with Gasteiger partial charge in [-0.3, -0.25) is 0 Å². The Morgan fingerprint density at radius 3 is 2.40 bits per heavy atom. The maximum Gasteiger partial charge on any atom is 0.0547 e. The highest BCUT2D eigenvalue weighted by Gasteiger charge is 1.60. The molecule has 3 nitrogen and oxygen atoms in total. The molecule has 0 radical (unpaired) electrons. The Bertz CT molecular complexity index is 15.1. The van der Waals surface area contributed by atoms with Crippen molar-refractivity contribution in [2.24, 2.45) is 0 Å². The zero-order valence-electron chi connectivity index (χ0n) is 2.77. The van der Waals surface area contributed by atoms with Crippen LogP contribution in [0, 0.1) is 5.21 Å². The molecule has 0 atom stereocenters. The normalized spacial score (nSPS) is 8.40. The average Bonchev–Trinajstić information content (AvgIpc) is 1.41. The van der Waals surface area contributed by atoms with Crippen LogP contribution in [-0.2, 0) is 0 Å². The fraction of sp³-hybridized carbons (Fsp3) is 1.00. The second kappa shape index (κ2) is 3.88. The van der Waals surface area contributed by atoms with E-state index in [9.17, 15) is 0 Å². The van der Waals surface area contributed by atoms with Gasteiger partial charge in [0.2, 0.25) is 0 Å². The fourth-order valence-electron chi connectivity index (χ4n) is 0.0456. The van der Waals surface area contributed by atoms with Crippen molar-refractivity contribution in [1.82, 2.24) is 5.48 Å². The van der Waals surface area contributed by atoms with Crippen molar-refractivity contribution >= 4 is 0 Å². The topological polar surface area (TPSA) is 55.3 Å². The average molecular weight is 76.1 g/mol. The molecule has 0 saturated carbocycles. The van der Waals surface area contributed by atoms with Gasteiger partial charge < -0.3 is 15.8 Å². The summed E-state index contributed by atoms with van der Waals surface area (Å²) in [6.07, 6.45) is 0. The second-order valence-corrected chi connectivity index (χ2v) is 0.618. The summed E-state index contributed by atoms with van der Waals surface area (Å²) in [7, 11) is 0. The Labute approximate surface area is 30.2 Å². The van der Waals surface area contributed by atoms with E-state index >= 15 is 0 Å². The lowest BCUT2D eigenvalue weighted by Crippen LogP contribution is -2.08. The predicted octanol–water partition coefficient (Wildman–Crippen LogP) is -0.934. The molecular weight excluding hydrogens is 70.0 g/mol. The quantitative estimate of drug-likeness (QED) is 0.417. The molecule has 0 amide bonds. The molecule has 0 fully saturated rings. The van der Waals surface area contributed by atoms with Crippen molar-refractivity contribution in [2.75, 3.05) is 13.2 Å². The van der Waals surface area contributed by atoms with Crippen LogP contribution in [0.3, 0.4) is 0 Å². The van der Waals surface area contributed by atoms with E-state index in [1.165, 1.54) is 5.48 Å². The van der Waals surface area contributed by atoms with E-state index in [2.05, 4.69) is 0 Å². The maximum absolute atomic E-state index is 9.12. The van der Waals surface area contributed by atoms with E-state index in [0.717, 1.165) is 0 Å². The Kier molecular flexibility index (Phi) is 3.79. The molecule has 0 heterocycles. The summed E-state index contributed by atoms with van der Waals surface area (Å²) in [6, 6.07) is 0. The highest BCUT2D eigenvalue weighted by Crippen LogP contribution is 1.44. The van der Waals surface area contributed by atoms with E-state index in [-0.39, 0.29) is 13.2 Å². The third kappa shape index (κ3) is 3.88. The van der Waals surface area contributed by atoms with Crippen LogP contribution in [0.2, 0.25) is 0 Å². The minimum Gasteiger partial charge on any atom is -0.788 e. The molecule has 2 N–H and O–H groups in total. The largest absolute Gasteiger partial charge is 0.788 e. The van der Waals surface area contributed by atoms with E-state index < -0.39 is 0 Å². The van der Waals surface area contributed by atoms with Gasteiger partial charge in [-0.1, -0.05) is 0 Å². The fourth-order valence-corrected chi connectivity index (χ4v) is 0.0456. The Hall–Kier alpha value is -0.120. The van der Waals surface area contributed by atoms with Crippen LogP contribution in [0.1, 0.15) is 0 Å². The molecule has 0 aromatic carbocycles. The molecular formula is C2H6NO2-. The lowest BCUT2D eigenvalue weighted by atomic mass is 10.8. The molecule has 0 bridgehead atoms. The van der Waals surface area contributed by atoms with Crippen molar-refractivity contribution in [1.29, 1.82) is 0 Å². The first-order valence-electron chi connectivity index (χ1n) is 1.37. The van der Waals surface area contributed by atoms with Gasteiger partial charge in [0.15, 0.2) is 0 Å². The van der Waals surface area contributed by atoms with Gasteiger partial charge >= 0.3 is 0 Å². The van der Waals surface area contributed by atoms with Crippen molar-refractivity contribution in [3.05, 3.63) is 5.21 Å². The number of nitrogens with one attached hydrogen (secondary N) is 1. The molecule has 5 heavy (non-hydrogen) atoms. The minimum atomic E-state index is -0.0799. The summed E-state index contributed by atoms with van der Waals surface area (Å²) in [4.78, 5) is 0. The molecule has 0 aromatic rings. The highest BCUT2D eigenvalue weighted by atomic mass is 16.5. The number of aliphatic hydroxyl groups is 1. The summed E-state index contributed by atoms with van der Waals surface area (Å²) in [6.45, 7) is 0.0590. The molecule has 0 rings (SSSR count). The zero-order valence-corrected chi connectivity index (χ0v) is 2.77. The molecule has 0 aromatic heterocycles. The molecule has 32 valence electrons. The Morgan fingerprint density at radius 1 is 1.80 bits per heavy atom. The molecule has 0 aliphatic rings. The third-order valence-corrected chi connectivity index (χ3v) is 0.214. The summed E-state index contributed by atoms with van der Waals surface area (Å²) in [5, 5.41) is 16.9. The first-order chi connectivity index (χ1) is 2.41. The summed E-state index contributed by atoms with van der Waals surface area (Å²) in [5.74, 6) is 0. The van der Waals surface area contributed by atoms with Crippen molar-refractivity contribution in [3.63, 3.8) is 0 Å². The van der Waals surface area contributed by atoms with Crippen LogP contribution in [0.4, 0.5) is 0 Å². The van der Waals surface area contributed by atoms with Crippen LogP contribution in [0.25, 0.3) is 0 Å². The van der Waals surface area contributed by atoms with Gasteiger partial charge in [-0.25, -0.2) is 0 Å². The van der Waals surface area contributed by atoms with Crippen LogP contribution in [-0.4, -0.2) is 18.3 Å². The Morgan fingerprint density at radius 2 is 2.40 bits per heavy atom. The Balaban J connectivity index is 2.19. The summed E-state index contributed by atoms with van der Waals surface area (Å²) in [5.41, 5.74) is 1.52. The monoisotopic (exact) mass is 76.0 g/mol. The number of hydrogen-bond donors (Lipinski definition) is 2. The third-order valence-electron chi connectivity index (χ3n) is 0.214. The molecule has 0 aliphatic carbocycles. The lowest BCUT2D eigenvalue weighted by molar-refractivity contribution is 0.298. The van der Waals surface area contributed by atoms with Crippen molar-refractivity contribution in [3.8, 4) is 0 Å². The molecule has 0 spiro atoms. The van der Waals surface area contributed by atoms with Gasteiger partial charge in [0.25, 0.3) is 0 Å². The summed E-state index contributed by atoms with van der Waals surface area (Å²) >= 11 is 0. The van der Waals surface area contributed by atoms with Crippen LogP contribution < -0.4 is 5.48 Å². The van der Waals surface area contributed by atoms with Crippen molar-refractivity contribution in [2.45, 2.75) is 0 Å². The number of aliphatic hydroxyl groups excluding tert-OH is 1. The molecule has 0 saturated heterocycles. The lowest BCUT2D eigenvalue weighted by Gasteiger charge is -1.99. The number of rotatable bonds is 2. The highest BCUT2D eigenvalue weighted by molar-refractivity contribution is 4.36. The first kappa shape index (κ1) is 4.88. The van der Waals surface area contributed by atoms with E-state index in [4.69, 9.17) is 10.3 Å². The zero-order chi connectivity index (χ0) is 4.12. The van der Waals surface area contributed by atoms with Gasteiger partial charge in [0, 0.05) is 6.54 Å². The van der Waals surface area contributed by atoms with Crippen molar-refractivity contribution < 1.29 is 5.11 Å². The van der Waals surface area contributed by atoms with Gasteiger partial charge in [0.1, 0.15) is 0 Å². The van der Waals surface area contributed by atoms with E-state index in [1.807, 2.05) is 0 Å². The molecule has 0 unspecified atom stereocenters. The van der Waals surface area contributed by atoms with Gasteiger partial charge in [-0.2, -0.15) is 0 Å². The first-order valence-corrected chi connectivity index (χ1v) is 1.37. The van der Waals surface area contributed by atoms with Gasteiger partial charge in [-0.15, -0.1) is 0 Å².